The number of nitrogens with two attached hydrogens (primary N) is 2. The van der Waals surface area contributed by atoms with Crippen LogP contribution in [0.3, 0.4) is 0 Å². The minimum absolute atomic E-state index is 0.247. The molecule has 2 aromatic heterocycles. The van der Waals surface area contributed by atoms with Crippen molar-refractivity contribution in [3.8, 4) is 17.1 Å². The number of nitrogens with zero attached hydrogens (tertiary/aromatic N) is 4. The Morgan fingerprint density at radius 2 is 2.17 bits per heavy atom. The Kier molecular flexibility index (Phi) is 5.22. The summed E-state index contributed by atoms with van der Waals surface area (Å²) in [6, 6.07) is 6.38. The number of hydrogen-bond acceptors (Lipinski definition) is 6. The quantitative estimate of drug-likeness (QED) is 0.644. The first kappa shape index (κ1) is 19.6. The first-order valence-corrected chi connectivity index (χ1v) is 9.71. The summed E-state index contributed by atoms with van der Waals surface area (Å²) in [5, 5.41) is 0. The number of imidazole rings is 1. The molecule has 1 atom stereocenters. The SMILES string of the molecule is CCN=C1C(=CN)Cn2ccnc2-c2ccc(F)cc2C(C)Oc2cc1cnc2N. The average molecular weight is 406 g/mol. The van der Waals surface area contributed by atoms with E-state index in [2.05, 4.69) is 15.0 Å². The fraction of sp³-hybridized carbons (Fsp3) is 0.227. The van der Waals surface area contributed by atoms with Crippen molar-refractivity contribution in [1.29, 1.82) is 0 Å². The Hall–Kier alpha value is -3.68. The number of benzene rings is 1. The minimum Gasteiger partial charge on any atom is -0.482 e. The highest BCUT2D eigenvalue weighted by Crippen LogP contribution is 2.34. The maximum Gasteiger partial charge on any atom is 0.166 e. The molecule has 0 amide bonds. The molecule has 4 rings (SSSR count). The van der Waals surface area contributed by atoms with Gasteiger partial charge in [0.1, 0.15) is 17.7 Å². The third-order valence-corrected chi connectivity index (χ3v) is 5.03. The van der Waals surface area contributed by atoms with Crippen LogP contribution in [-0.2, 0) is 6.54 Å². The number of halogens is 1. The van der Waals surface area contributed by atoms with Crippen LogP contribution in [0.15, 0.2) is 59.6 Å². The molecule has 7 nitrogen and oxygen atoms in total. The van der Waals surface area contributed by atoms with E-state index in [0.29, 0.717) is 35.9 Å². The summed E-state index contributed by atoms with van der Waals surface area (Å²) in [5.41, 5.74) is 15.7. The van der Waals surface area contributed by atoms with E-state index in [-0.39, 0.29) is 11.6 Å². The van der Waals surface area contributed by atoms with E-state index in [1.165, 1.54) is 18.3 Å². The molecule has 8 heteroatoms. The van der Waals surface area contributed by atoms with Crippen molar-refractivity contribution < 1.29 is 9.13 Å². The largest absolute Gasteiger partial charge is 0.482 e. The van der Waals surface area contributed by atoms with Gasteiger partial charge in [0.2, 0.25) is 0 Å². The molecule has 3 aromatic rings. The van der Waals surface area contributed by atoms with Gasteiger partial charge in [0.15, 0.2) is 11.6 Å². The second-order valence-corrected chi connectivity index (χ2v) is 6.99. The maximum absolute atomic E-state index is 14.1. The third kappa shape index (κ3) is 3.52. The number of aromatic nitrogens is 3. The Morgan fingerprint density at radius 1 is 1.33 bits per heavy atom. The van der Waals surface area contributed by atoms with Gasteiger partial charge in [0, 0.05) is 53.6 Å². The number of fused-ring (bicyclic) bond motifs is 5. The van der Waals surface area contributed by atoms with E-state index in [1.807, 2.05) is 24.6 Å². The lowest BCUT2D eigenvalue weighted by atomic mass is 10.0. The molecule has 1 unspecified atom stereocenters. The molecule has 30 heavy (non-hydrogen) atoms. The summed E-state index contributed by atoms with van der Waals surface area (Å²) in [6.07, 6.45) is 6.27. The first-order valence-electron chi connectivity index (χ1n) is 9.71. The van der Waals surface area contributed by atoms with Crippen LogP contribution in [0.1, 0.15) is 31.1 Å². The monoisotopic (exact) mass is 406 g/mol. The summed E-state index contributed by atoms with van der Waals surface area (Å²) in [4.78, 5) is 13.4. The van der Waals surface area contributed by atoms with E-state index in [1.54, 1.807) is 24.5 Å². The highest BCUT2D eigenvalue weighted by molar-refractivity contribution is 6.12. The van der Waals surface area contributed by atoms with E-state index in [0.717, 1.165) is 16.7 Å². The molecule has 3 heterocycles. The summed E-state index contributed by atoms with van der Waals surface area (Å²) < 4.78 is 22.2. The van der Waals surface area contributed by atoms with E-state index < -0.39 is 6.10 Å². The predicted molar refractivity (Wildman–Crippen MR) is 115 cm³/mol. The zero-order chi connectivity index (χ0) is 21.3. The van der Waals surface area contributed by atoms with Gasteiger partial charge >= 0.3 is 0 Å². The van der Waals surface area contributed by atoms with Crippen LogP contribution in [0.2, 0.25) is 0 Å². The molecular formula is C22H23FN6O. The topological polar surface area (TPSA) is 104 Å². The standard InChI is InChI=1S/C22H23FN6O/c1-3-26-20-14-8-19(21(25)28-11-14)30-13(2)18-9-16(23)4-5-17(18)22-27-6-7-29(22)12-15(20)10-24/h4-11,13H,3,12,24H2,1-2H3,(H2,25,28). The number of allylic oxidation sites excluding steroid dienone is 1. The number of aliphatic imine (C=N–C) groups is 1. The summed E-state index contributed by atoms with van der Waals surface area (Å²) >= 11 is 0. The van der Waals surface area contributed by atoms with E-state index in [4.69, 9.17) is 16.2 Å². The lowest BCUT2D eigenvalue weighted by molar-refractivity contribution is 0.227. The molecule has 0 fully saturated rings. The van der Waals surface area contributed by atoms with Crippen molar-refractivity contribution in [2.45, 2.75) is 26.5 Å². The normalized spacial score (nSPS) is 18.8. The second kappa shape index (κ2) is 7.98. The minimum atomic E-state index is -0.490. The fourth-order valence-corrected chi connectivity index (χ4v) is 3.61. The van der Waals surface area contributed by atoms with Crippen LogP contribution in [0.4, 0.5) is 10.2 Å². The summed E-state index contributed by atoms with van der Waals surface area (Å²) in [6.45, 7) is 4.81. The van der Waals surface area contributed by atoms with Gasteiger partial charge in [-0.25, -0.2) is 14.4 Å². The van der Waals surface area contributed by atoms with Gasteiger partial charge in [-0.15, -0.1) is 0 Å². The van der Waals surface area contributed by atoms with Crippen molar-refractivity contribution in [3.63, 3.8) is 0 Å². The zero-order valence-corrected chi connectivity index (χ0v) is 16.8. The van der Waals surface area contributed by atoms with Crippen molar-refractivity contribution in [1.82, 2.24) is 14.5 Å². The molecule has 0 radical (unpaired) electrons. The molecule has 154 valence electrons. The third-order valence-electron chi connectivity index (χ3n) is 5.03. The van der Waals surface area contributed by atoms with Gasteiger partial charge < -0.3 is 20.8 Å². The van der Waals surface area contributed by atoms with Crippen LogP contribution < -0.4 is 16.2 Å². The number of nitrogen functional groups attached to an aromatic ring is 1. The number of ether oxygens (including phenoxy) is 1. The van der Waals surface area contributed by atoms with Gasteiger partial charge in [0.05, 0.1) is 12.3 Å². The predicted octanol–water partition coefficient (Wildman–Crippen LogP) is 3.47. The second-order valence-electron chi connectivity index (χ2n) is 6.99. The van der Waals surface area contributed by atoms with Gasteiger partial charge in [-0.3, -0.25) is 4.99 Å². The molecule has 0 saturated carbocycles. The smallest absolute Gasteiger partial charge is 0.166 e. The van der Waals surface area contributed by atoms with Gasteiger partial charge in [-0.1, -0.05) is 0 Å². The Labute approximate surface area is 173 Å². The molecule has 1 aliphatic heterocycles. The van der Waals surface area contributed by atoms with Crippen LogP contribution in [0.5, 0.6) is 5.75 Å². The molecule has 1 aromatic carbocycles. The van der Waals surface area contributed by atoms with Crippen LogP contribution in [0.25, 0.3) is 11.4 Å². The zero-order valence-electron chi connectivity index (χ0n) is 16.8. The molecule has 4 N–H and O–H groups in total. The lowest BCUT2D eigenvalue weighted by Crippen LogP contribution is -2.17. The number of hydrogen-bond donors (Lipinski definition) is 2. The molecule has 2 bridgehead atoms. The molecule has 0 spiro atoms. The first-order chi connectivity index (χ1) is 14.5. The summed E-state index contributed by atoms with van der Waals surface area (Å²) in [7, 11) is 0. The van der Waals surface area contributed by atoms with Crippen molar-refractivity contribution in [2.75, 3.05) is 12.3 Å². The van der Waals surface area contributed by atoms with Crippen LogP contribution >= 0.6 is 0 Å². The Balaban J connectivity index is 1.98. The van der Waals surface area contributed by atoms with Crippen LogP contribution in [-0.4, -0.2) is 26.8 Å². The van der Waals surface area contributed by atoms with Crippen molar-refractivity contribution in [3.05, 3.63) is 71.6 Å². The highest BCUT2D eigenvalue weighted by atomic mass is 19.1. The van der Waals surface area contributed by atoms with Gasteiger partial charge in [0.25, 0.3) is 0 Å². The molecular weight excluding hydrogens is 383 g/mol. The van der Waals surface area contributed by atoms with Crippen molar-refractivity contribution >= 4 is 11.5 Å². The fourth-order valence-electron chi connectivity index (χ4n) is 3.61. The van der Waals surface area contributed by atoms with Crippen LogP contribution in [0, 0.1) is 5.82 Å². The molecule has 0 saturated heterocycles. The van der Waals surface area contributed by atoms with Crippen molar-refractivity contribution in [2.24, 2.45) is 10.7 Å². The van der Waals surface area contributed by atoms with Gasteiger partial charge in [-0.05, 0) is 38.1 Å². The average Bonchev–Trinajstić information content (AvgIpc) is 3.19. The van der Waals surface area contributed by atoms with Gasteiger partial charge in [-0.2, -0.15) is 0 Å². The number of pyridine rings is 1. The summed E-state index contributed by atoms with van der Waals surface area (Å²) in [5.74, 6) is 0.982. The van der Waals surface area contributed by atoms with E-state index in [9.17, 15) is 4.39 Å². The Bertz CT molecular complexity index is 1150. The number of rotatable bonds is 1. The lowest BCUT2D eigenvalue weighted by Gasteiger charge is -2.22. The van der Waals surface area contributed by atoms with E-state index >= 15 is 0 Å². The molecule has 0 aliphatic carbocycles. The molecule has 1 aliphatic rings. The maximum atomic E-state index is 14.1. The number of anilines is 1. The highest BCUT2D eigenvalue weighted by Gasteiger charge is 2.22. The Morgan fingerprint density at radius 3 is 2.93 bits per heavy atom.